The van der Waals surface area contributed by atoms with Gasteiger partial charge in [0, 0.05) is 37.6 Å². The average molecular weight is 309 g/mol. The van der Waals surface area contributed by atoms with Crippen molar-refractivity contribution in [3.63, 3.8) is 0 Å². The smallest absolute Gasteiger partial charge is 0.152 e. The monoisotopic (exact) mass is 308 g/mol. The molecule has 0 amide bonds. The largest absolute Gasteiger partial charge is 0.311 e. The van der Waals surface area contributed by atoms with E-state index in [0.29, 0.717) is 24.6 Å². The van der Waals surface area contributed by atoms with Crippen molar-refractivity contribution in [1.82, 2.24) is 10.2 Å². The standard InChI is InChI=1S/C11H17ClN2O2S2/c12-11-2-1-10(17-11)9-13-3-4-14-5-7-18(15,16)8-6-14/h1-2,13H,3-9H2. The normalized spacial score (nSPS) is 20.1. The first-order valence-corrected chi connectivity index (χ1v) is 8.94. The number of thiophene rings is 1. The van der Waals surface area contributed by atoms with E-state index in [1.807, 2.05) is 12.1 Å². The summed E-state index contributed by atoms with van der Waals surface area (Å²) in [4.78, 5) is 3.41. The summed E-state index contributed by atoms with van der Waals surface area (Å²) in [5.41, 5.74) is 0. The van der Waals surface area contributed by atoms with Crippen LogP contribution in [0, 0.1) is 0 Å². The molecule has 18 heavy (non-hydrogen) atoms. The number of hydrogen-bond donors (Lipinski definition) is 1. The van der Waals surface area contributed by atoms with Crippen LogP contribution in [0.3, 0.4) is 0 Å². The topological polar surface area (TPSA) is 49.4 Å². The second-order valence-corrected chi connectivity index (χ2v) is 8.48. The molecule has 7 heteroatoms. The Morgan fingerprint density at radius 1 is 1.33 bits per heavy atom. The molecule has 1 saturated heterocycles. The van der Waals surface area contributed by atoms with Crippen LogP contribution in [0.2, 0.25) is 4.34 Å². The lowest BCUT2D eigenvalue weighted by molar-refractivity contribution is 0.294. The fraction of sp³-hybridized carbons (Fsp3) is 0.636. The molecular weight excluding hydrogens is 292 g/mol. The number of halogens is 1. The van der Waals surface area contributed by atoms with Gasteiger partial charge in [-0.2, -0.15) is 0 Å². The van der Waals surface area contributed by atoms with Crippen LogP contribution in [0.1, 0.15) is 4.88 Å². The predicted octanol–water partition coefficient (Wildman–Crippen LogP) is 1.22. The van der Waals surface area contributed by atoms with Crippen molar-refractivity contribution < 1.29 is 8.42 Å². The molecule has 102 valence electrons. The molecule has 1 aromatic rings. The van der Waals surface area contributed by atoms with Crippen molar-refractivity contribution in [3.05, 3.63) is 21.3 Å². The number of nitrogens with one attached hydrogen (secondary N) is 1. The van der Waals surface area contributed by atoms with Gasteiger partial charge in [-0.05, 0) is 12.1 Å². The summed E-state index contributed by atoms with van der Waals surface area (Å²) >= 11 is 7.43. The van der Waals surface area contributed by atoms with Crippen LogP contribution >= 0.6 is 22.9 Å². The van der Waals surface area contributed by atoms with E-state index in [1.165, 1.54) is 4.88 Å². The Bertz CT molecular complexity index is 473. The Hall–Kier alpha value is -0.140. The lowest BCUT2D eigenvalue weighted by atomic mass is 10.4. The summed E-state index contributed by atoms with van der Waals surface area (Å²) in [5, 5.41) is 3.34. The number of rotatable bonds is 5. The lowest BCUT2D eigenvalue weighted by Crippen LogP contribution is -2.43. The van der Waals surface area contributed by atoms with E-state index in [9.17, 15) is 8.42 Å². The van der Waals surface area contributed by atoms with Crippen LogP contribution in [-0.4, -0.2) is 51.0 Å². The minimum absolute atomic E-state index is 0.299. The van der Waals surface area contributed by atoms with Gasteiger partial charge >= 0.3 is 0 Å². The molecule has 1 fully saturated rings. The van der Waals surface area contributed by atoms with Gasteiger partial charge in [-0.15, -0.1) is 11.3 Å². The maximum atomic E-state index is 11.3. The highest BCUT2D eigenvalue weighted by Crippen LogP contribution is 2.20. The highest BCUT2D eigenvalue weighted by molar-refractivity contribution is 7.91. The third kappa shape index (κ3) is 4.51. The minimum atomic E-state index is -2.76. The highest BCUT2D eigenvalue weighted by atomic mass is 35.5. The Kier molecular flexibility index (Phi) is 5.03. The molecule has 2 heterocycles. The molecule has 0 spiro atoms. The first kappa shape index (κ1) is 14.3. The zero-order valence-electron chi connectivity index (χ0n) is 10.1. The second-order valence-electron chi connectivity index (χ2n) is 4.38. The van der Waals surface area contributed by atoms with Gasteiger partial charge in [0.25, 0.3) is 0 Å². The van der Waals surface area contributed by atoms with Crippen molar-refractivity contribution in [3.8, 4) is 0 Å². The fourth-order valence-corrected chi connectivity index (χ4v) is 4.20. The first-order chi connectivity index (χ1) is 8.55. The molecule has 2 rings (SSSR count). The Morgan fingerprint density at radius 3 is 2.67 bits per heavy atom. The Balaban J connectivity index is 1.62. The number of hydrogen-bond acceptors (Lipinski definition) is 5. The van der Waals surface area contributed by atoms with Crippen molar-refractivity contribution in [2.45, 2.75) is 6.54 Å². The summed E-state index contributed by atoms with van der Waals surface area (Å²) in [6, 6.07) is 3.92. The predicted molar refractivity (Wildman–Crippen MR) is 76.1 cm³/mol. The van der Waals surface area contributed by atoms with Gasteiger partial charge in [0.1, 0.15) is 0 Å². The molecule has 1 aliphatic rings. The van der Waals surface area contributed by atoms with E-state index in [-0.39, 0.29) is 0 Å². The van der Waals surface area contributed by atoms with E-state index in [4.69, 9.17) is 11.6 Å². The lowest BCUT2D eigenvalue weighted by Gasteiger charge is -2.26. The van der Waals surface area contributed by atoms with Gasteiger partial charge in [-0.3, -0.25) is 0 Å². The first-order valence-electron chi connectivity index (χ1n) is 5.93. The van der Waals surface area contributed by atoms with Crippen molar-refractivity contribution in [2.75, 3.05) is 37.7 Å². The molecule has 0 aliphatic carbocycles. The van der Waals surface area contributed by atoms with Crippen molar-refractivity contribution in [1.29, 1.82) is 0 Å². The summed E-state index contributed by atoms with van der Waals surface area (Å²) in [6.45, 7) is 3.91. The summed E-state index contributed by atoms with van der Waals surface area (Å²) in [7, 11) is -2.76. The van der Waals surface area contributed by atoms with Crippen LogP contribution < -0.4 is 5.32 Å². The van der Waals surface area contributed by atoms with Crippen LogP contribution in [-0.2, 0) is 16.4 Å². The average Bonchev–Trinajstić information content (AvgIpc) is 2.72. The maximum Gasteiger partial charge on any atom is 0.152 e. The van der Waals surface area contributed by atoms with Crippen LogP contribution in [0.15, 0.2) is 12.1 Å². The SMILES string of the molecule is O=S1(=O)CCN(CCNCc2ccc(Cl)s2)CC1. The van der Waals surface area contributed by atoms with Crippen LogP contribution in [0.25, 0.3) is 0 Å². The molecule has 1 aliphatic heterocycles. The third-order valence-corrected chi connectivity index (χ3v) is 5.81. The molecule has 0 saturated carbocycles. The molecule has 0 radical (unpaired) electrons. The third-order valence-electron chi connectivity index (χ3n) is 2.97. The van der Waals surface area contributed by atoms with Crippen LogP contribution in [0.4, 0.5) is 0 Å². The van der Waals surface area contributed by atoms with Crippen molar-refractivity contribution >= 4 is 32.8 Å². The van der Waals surface area contributed by atoms with E-state index in [1.54, 1.807) is 11.3 Å². The fourth-order valence-electron chi connectivity index (χ4n) is 1.87. The number of nitrogens with zero attached hydrogens (tertiary/aromatic N) is 1. The van der Waals surface area contributed by atoms with Gasteiger partial charge in [-0.1, -0.05) is 11.6 Å². The summed E-state index contributed by atoms with van der Waals surface area (Å²) in [6.07, 6.45) is 0. The maximum absolute atomic E-state index is 11.3. The highest BCUT2D eigenvalue weighted by Gasteiger charge is 2.20. The summed E-state index contributed by atoms with van der Waals surface area (Å²) in [5.74, 6) is 0.598. The molecule has 0 aromatic carbocycles. The van der Waals surface area contributed by atoms with E-state index in [0.717, 1.165) is 24.0 Å². The molecule has 4 nitrogen and oxygen atoms in total. The van der Waals surface area contributed by atoms with E-state index in [2.05, 4.69) is 10.2 Å². The molecule has 0 unspecified atom stereocenters. The molecule has 1 N–H and O–H groups in total. The molecule has 0 bridgehead atoms. The van der Waals surface area contributed by atoms with Crippen LogP contribution in [0.5, 0.6) is 0 Å². The second kappa shape index (κ2) is 6.34. The minimum Gasteiger partial charge on any atom is -0.311 e. The van der Waals surface area contributed by atoms with Gasteiger partial charge in [0.15, 0.2) is 9.84 Å². The van der Waals surface area contributed by atoms with Gasteiger partial charge in [-0.25, -0.2) is 8.42 Å². The van der Waals surface area contributed by atoms with Gasteiger partial charge < -0.3 is 10.2 Å². The molecule has 1 aromatic heterocycles. The zero-order valence-corrected chi connectivity index (χ0v) is 12.5. The molecular formula is C11H17ClN2O2S2. The number of sulfone groups is 1. The van der Waals surface area contributed by atoms with Gasteiger partial charge in [0.2, 0.25) is 0 Å². The zero-order chi connectivity index (χ0) is 13.0. The van der Waals surface area contributed by atoms with Gasteiger partial charge in [0.05, 0.1) is 15.8 Å². The Morgan fingerprint density at radius 2 is 2.06 bits per heavy atom. The van der Waals surface area contributed by atoms with E-state index < -0.39 is 9.84 Å². The summed E-state index contributed by atoms with van der Waals surface area (Å²) < 4.78 is 23.3. The Labute approximate surface area is 117 Å². The molecule has 0 atom stereocenters. The van der Waals surface area contributed by atoms with E-state index >= 15 is 0 Å². The quantitative estimate of drug-likeness (QED) is 0.831. The van der Waals surface area contributed by atoms with Crippen molar-refractivity contribution in [2.24, 2.45) is 0 Å².